The minimum Gasteiger partial charge on any atom is -0.492 e. The van der Waals surface area contributed by atoms with Crippen molar-refractivity contribution in [3.63, 3.8) is 0 Å². The number of nitrogens with one attached hydrogen (secondary N) is 2. The first-order chi connectivity index (χ1) is 18.5. The summed E-state index contributed by atoms with van der Waals surface area (Å²) in [5.74, 6) is 0.584. The fourth-order valence-electron chi connectivity index (χ4n) is 4.11. The zero-order valence-electron chi connectivity index (χ0n) is 21.6. The number of hydrogen-bond donors (Lipinski definition) is 3. The zero-order valence-corrected chi connectivity index (χ0v) is 21.6. The van der Waals surface area contributed by atoms with Crippen molar-refractivity contribution in [3.05, 3.63) is 89.7 Å². The van der Waals surface area contributed by atoms with Gasteiger partial charge in [0.15, 0.2) is 0 Å². The Morgan fingerprint density at radius 2 is 1.74 bits per heavy atom. The molecular weight excluding hydrogens is 480 g/mol. The third kappa shape index (κ3) is 6.63. The first kappa shape index (κ1) is 26.6. The van der Waals surface area contributed by atoms with Crippen LogP contribution in [0.1, 0.15) is 40.1 Å². The number of carbonyl (C=O) groups excluding carboxylic acids is 2. The summed E-state index contributed by atoms with van der Waals surface area (Å²) in [5, 5.41) is 6.94. The molecule has 0 unspecified atom stereocenters. The van der Waals surface area contributed by atoms with Crippen molar-refractivity contribution in [1.82, 2.24) is 14.9 Å². The van der Waals surface area contributed by atoms with Crippen LogP contribution in [0.5, 0.6) is 5.75 Å². The second-order valence-electron chi connectivity index (χ2n) is 8.70. The maximum Gasteiger partial charge on any atom is 0.255 e. The number of ether oxygens (including phenoxy) is 1. The van der Waals surface area contributed by atoms with Crippen molar-refractivity contribution < 1.29 is 14.3 Å². The van der Waals surface area contributed by atoms with E-state index in [-0.39, 0.29) is 5.91 Å². The van der Waals surface area contributed by atoms with Crippen LogP contribution in [0.2, 0.25) is 0 Å². The maximum absolute atomic E-state index is 12.8. The van der Waals surface area contributed by atoms with Crippen LogP contribution in [0.25, 0.3) is 10.9 Å². The number of nitrogens with zero attached hydrogens (tertiary/aromatic N) is 3. The second kappa shape index (κ2) is 12.6. The molecule has 0 spiro atoms. The highest BCUT2D eigenvalue weighted by atomic mass is 16.5. The lowest BCUT2D eigenvalue weighted by Gasteiger charge is -2.18. The Hall–Kier alpha value is -4.50. The Kier molecular flexibility index (Phi) is 8.84. The topological polar surface area (TPSA) is 122 Å². The quantitative estimate of drug-likeness (QED) is 0.258. The highest BCUT2D eigenvalue weighted by Gasteiger charge is 2.12. The summed E-state index contributed by atoms with van der Waals surface area (Å²) >= 11 is 0. The van der Waals surface area contributed by atoms with Crippen molar-refractivity contribution in [1.29, 1.82) is 0 Å². The maximum atomic E-state index is 12.8. The van der Waals surface area contributed by atoms with Gasteiger partial charge in [0.25, 0.3) is 11.8 Å². The number of rotatable bonds is 12. The summed E-state index contributed by atoms with van der Waals surface area (Å²) in [4.78, 5) is 35.4. The summed E-state index contributed by atoms with van der Waals surface area (Å²) in [7, 11) is 0. The highest BCUT2D eigenvalue weighted by molar-refractivity contribution is 6.07. The molecule has 0 fully saturated rings. The van der Waals surface area contributed by atoms with E-state index < -0.39 is 5.91 Å². The highest BCUT2D eigenvalue weighted by Crippen LogP contribution is 2.23. The fourth-order valence-corrected chi connectivity index (χ4v) is 4.11. The molecule has 4 aromatic rings. The Labute approximate surface area is 222 Å². The Morgan fingerprint density at radius 1 is 0.974 bits per heavy atom. The third-order valence-corrected chi connectivity index (χ3v) is 6.26. The van der Waals surface area contributed by atoms with E-state index in [9.17, 15) is 9.59 Å². The summed E-state index contributed by atoms with van der Waals surface area (Å²) in [6.45, 7) is 8.16. The minimum atomic E-state index is -0.541. The molecule has 9 heteroatoms. The average Bonchev–Trinajstić information content (AvgIpc) is 2.94. The van der Waals surface area contributed by atoms with Crippen LogP contribution in [-0.4, -0.2) is 52.9 Å². The van der Waals surface area contributed by atoms with Gasteiger partial charge in [-0.3, -0.25) is 9.59 Å². The SMILES string of the molecule is CCN(CC)CCOc1ccc(C(=O)Nc2cccc(CNc3ncnc4c(C(N)=O)cccc34)c2)cc1. The van der Waals surface area contributed by atoms with Gasteiger partial charge in [0, 0.05) is 29.7 Å². The monoisotopic (exact) mass is 512 g/mol. The number of benzene rings is 3. The molecule has 0 saturated carbocycles. The van der Waals surface area contributed by atoms with E-state index in [0.717, 1.165) is 30.9 Å². The molecule has 0 saturated heterocycles. The number of carbonyl (C=O) groups is 2. The summed E-state index contributed by atoms with van der Waals surface area (Å²) < 4.78 is 5.80. The predicted molar refractivity (Wildman–Crippen MR) is 150 cm³/mol. The number of para-hydroxylation sites is 1. The van der Waals surface area contributed by atoms with Gasteiger partial charge in [-0.2, -0.15) is 0 Å². The molecule has 9 nitrogen and oxygen atoms in total. The van der Waals surface area contributed by atoms with Gasteiger partial charge in [-0.05, 0) is 67.2 Å². The van der Waals surface area contributed by atoms with E-state index in [0.29, 0.717) is 46.7 Å². The largest absolute Gasteiger partial charge is 0.492 e. The number of anilines is 2. The molecule has 2 amide bonds. The van der Waals surface area contributed by atoms with Gasteiger partial charge in [0.2, 0.25) is 0 Å². The van der Waals surface area contributed by atoms with Crippen molar-refractivity contribution >= 4 is 34.2 Å². The van der Waals surface area contributed by atoms with Gasteiger partial charge in [0.1, 0.15) is 24.5 Å². The van der Waals surface area contributed by atoms with E-state index in [1.807, 2.05) is 42.5 Å². The molecule has 0 radical (unpaired) electrons. The van der Waals surface area contributed by atoms with Crippen LogP contribution < -0.4 is 21.1 Å². The fraction of sp³-hybridized carbons (Fsp3) is 0.241. The summed E-state index contributed by atoms with van der Waals surface area (Å²) in [6.07, 6.45) is 1.40. The number of nitrogens with two attached hydrogens (primary N) is 1. The minimum absolute atomic E-state index is 0.203. The van der Waals surface area contributed by atoms with Crippen LogP contribution in [0.15, 0.2) is 73.1 Å². The standard InChI is InChI=1S/C29H32N6O3/c1-3-35(4-2)15-16-38-23-13-11-21(12-14-23)29(37)34-22-8-5-7-20(17-22)18-31-28-25-10-6-9-24(27(30)36)26(25)32-19-33-28/h5-14,17,19H,3-4,15-16,18H2,1-2H3,(H2,30,36)(H,34,37)(H,31,32,33). The molecule has 0 atom stereocenters. The zero-order chi connectivity index (χ0) is 26.9. The van der Waals surface area contributed by atoms with E-state index >= 15 is 0 Å². The van der Waals surface area contributed by atoms with E-state index in [2.05, 4.69) is 39.3 Å². The van der Waals surface area contributed by atoms with Crippen molar-refractivity contribution in [2.24, 2.45) is 5.73 Å². The predicted octanol–water partition coefficient (Wildman–Crippen LogP) is 4.31. The number of aromatic nitrogens is 2. The lowest BCUT2D eigenvalue weighted by Crippen LogP contribution is -2.27. The van der Waals surface area contributed by atoms with Crippen LogP contribution in [0.3, 0.4) is 0 Å². The van der Waals surface area contributed by atoms with Gasteiger partial charge >= 0.3 is 0 Å². The number of fused-ring (bicyclic) bond motifs is 1. The van der Waals surface area contributed by atoms with Crippen LogP contribution in [-0.2, 0) is 6.54 Å². The smallest absolute Gasteiger partial charge is 0.255 e. The van der Waals surface area contributed by atoms with Crippen molar-refractivity contribution in [2.45, 2.75) is 20.4 Å². The molecule has 0 aliphatic heterocycles. The Morgan fingerprint density at radius 3 is 2.47 bits per heavy atom. The van der Waals surface area contributed by atoms with Crippen molar-refractivity contribution in [3.8, 4) is 5.75 Å². The molecule has 0 bridgehead atoms. The van der Waals surface area contributed by atoms with Crippen LogP contribution in [0, 0.1) is 0 Å². The molecule has 4 rings (SSSR count). The van der Waals surface area contributed by atoms with Gasteiger partial charge in [-0.1, -0.05) is 32.0 Å². The molecule has 38 heavy (non-hydrogen) atoms. The first-order valence-corrected chi connectivity index (χ1v) is 12.6. The van der Waals surface area contributed by atoms with Crippen molar-refractivity contribution in [2.75, 3.05) is 36.9 Å². The Bertz CT molecular complexity index is 1400. The van der Waals surface area contributed by atoms with E-state index in [1.54, 1.807) is 24.3 Å². The normalized spacial score (nSPS) is 10.9. The molecule has 196 valence electrons. The molecule has 4 N–H and O–H groups in total. The summed E-state index contributed by atoms with van der Waals surface area (Å²) in [5.41, 5.74) is 8.48. The number of amides is 2. The molecule has 3 aromatic carbocycles. The molecule has 0 aliphatic carbocycles. The van der Waals surface area contributed by atoms with Gasteiger partial charge in [0.05, 0.1) is 11.1 Å². The van der Waals surface area contributed by atoms with Gasteiger partial charge in [-0.15, -0.1) is 0 Å². The van der Waals surface area contributed by atoms with E-state index in [4.69, 9.17) is 10.5 Å². The number of hydrogen-bond acceptors (Lipinski definition) is 7. The van der Waals surface area contributed by atoms with Crippen LogP contribution in [0.4, 0.5) is 11.5 Å². The van der Waals surface area contributed by atoms with Crippen LogP contribution >= 0.6 is 0 Å². The molecule has 1 aromatic heterocycles. The first-order valence-electron chi connectivity index (χ1n) is 12.6. The lowest BCUT2D eigenvalue weighted by atomic mass is 10.1. The van der Waals surface area contributed by atoms with Gasteiger partial charge in [-0.25, -0.2) is 9.97 Å². The summed E-state index contributed by atoms with van der Waals surface area (Å²) in [6, 6.07) is 19.9. The van der Waals surface area contributed by atoms with E-state index in [1.165, 1.54) is 6.33 Å². The molecular formula is C29H32N6O3. The number of likely N-dealkylation sites (N-methyl/N-ethyl adjacent to an activating group) is 1. The molecule has 1 heterocycles. The third-order valence-electron chi connectivity index (χ3n) is 6.26. The molecule has 0 aliphatic rings. The number of primary amides is 1. The second-order valence-corrected chi connectivity index (χ2v) is 8.70. The Balaban J connectivity index is 1.36. The average molecular weight is 513 g/mol. The lowest BCUT2D eigenvalue weighted by molar-refractivity contribution is 0.0998. The van der Waals surface area contributed by atoms with Gasteiger partial charge < -0.3 is 26.0 Å².